The molecule has 0 saturated heterocycles. The first kappa shape index (κ1) is 16.6. The third kappa shape index (κ3) is 2.60. The van der Waals surface area contributed by atoms with Crippen molar-refractivity contribution >= 4 is 16.7 Å². The first-order valence-electron chi connectivity index (χ1n) is 10.1. The number of ether oxygens (including phenoxy) is 1. The van der Waals surface area contributed by atoms with Crippen LogP contribution in [0.25, 0.3) is 22.2 Å². The van der Waals surface area contributed by atoms with E-state index in [4.69, 9.17) is 4.74 Å². The standard InChI is InChI=1S/C24H25NO2/c1-16(26)19-12-13-20-21(17-8-4-2-5-9-17)22(18-10-6-3-7-11-18)25-14-15-27-24(19)23(20)25/h3,6-7,10-13,17H,2,4-5,8-9,14-15H2,1H3. The number of rotatable bonds is 3. The van der Waals surface area contributed by atoms with E-state index in [1.165, 1.54) is 54.3 Å². The third-order valence-electron chi connectivity index (χ3n) is 6.22. The van der Waals surface area contributed by atoms with Gasteiger partial charge in [-0.25, -0.2) is 0 Å². The molecule has 0 N–H and O–H groups in total. The van der Waals surface area contributed by atoms with Gasteiger partial charge in [0.1, 0.15) is 6.61 Å². The second-order valence-corrected chi connectivity index (χ2v) is 7.86. The zero-order valence-corrected chi connectivity index (χ0v) is 15.8. The molecule has 1 aliphatic carbocycles. The van der Waals surface area contributed by atoms with E-state index < -0.39 is 0 Å². The van der Waals surface area contributed by atoms with E-state index >= 15 is 0 Å². The Morgan fingerprint density at radius 3 is 2.56 bits per heavy atom. The molecule has 3 nitrogen and oxygen atoms in total. The van der Waals surface area contributed by atoms with Crippen LogP contribution in [-0.2, 0) is 6.54 Å². The molecule has 2 aliphatic rings. The maximum atomic E-state index is 12.2. The Morgan fingerprint density at radius 2 is 1.81 bits per heavy atom. The molecule has 2 aromatic carbocycles. The highest BCUT2D eigenvalue weighted by molar-refractivity contribution is 6.06. The minimum atomic E-state index is 0.0713. The maximum absolute atomic E-state index is 12.2. The zero-order valence-electron chi connectivity index (χ0n) is 15.8. The van der Waals surface area contributed by atoms with Crippen LogP contribution in [0.2, 0.25) is 0 Å². The van der Waals surface area contributed by atoms with E-state index in [2.05, 4.69) is 41.0 Å². The lowest BCUT2D eigenvalue weighted by Gasteiger charge is -2.24. The van der Waals surface area contributed by atoms with Gasteiger partial charge in [0.25, 0.3) is 0 Å². The predicted molar refractivity (Wildman–Crippen MR) is 109 cm³/mol. The Hall–Kier alpha value is -2.55. The highest BCUT2D eigenvalue weighted by Crippen LogP contribution is 2.47. The molecule has 1 aromatic heterocycles. The van der Waals surface area contributed by atoms with Crippen LogP contribution in [0.3, 0.4) is 0 Å². The average molecular weight is 359 g/mol. The average Bonchev–Trinajstić information content (AvgIpc) is 3.05. The molecule has 1 aliphatic heterocycles. The molecular weight excluding hydrogens is 334 g/mol. The van der Waals surface area contributed by atoms with Crippen LogP contribution >= 0.6 is 0 Å². The molecule has 2 heterocycles. The van der Waals surface area contributed by atoms with Gasteiger partial charge in [-0.15, -0.1) is 0 Å². The Labute approximate surface area is 160 Å². The molecule has 0 unspecified atom stereocenters. The number of ketones is 1. The monoisotopic (exact) mass is 359 g/mol. The molecule has 0 bridgehead atoms. The lowest BCUT2D eigenvalue weighted by molar-refractivity contribution is 0.101. The van der Waals surface area contributed by atoms with Crippen molar-refractivity contribution in [2.45, 2.75) is 51.5 Å². The molecule has 5 rings (SSSR count). The van der Waals surface area contributed by atoms with Crippen LogP contribution in [0.15, 0.2) is 42.5 Å². The maximum Gasteiger partial charge on any atom is 0.163 e. The van der Waals surface area contributed by atoms with Crippen molar-refractivity contribution in [3.05, 3.63) is 53.6 Å². The molecule has 0 radical (unpaired) electrons. The second kappa shape index (κ2) is 6.56. The zero-order chi connectivity index (χ0) is 18.4. The minimum Gasteiger partial charge on any atom is -0.489 e. The number of nitrogens with zero attached hydrogens (tertiary/aromatic N) is 1. The molecule has 1 saturated carbocycles. The summed E-state index contributed by atoms with van der Waals surface area (Å²) in [5.74, 6) is 1.44. The SMILES string of the molecule is CC(=O)c1ccc2c(C3CCCCC3)c(-c3ccccc3)n3c2c1OCC3. The van der Waals surface area contributed by atoms with Gasteiger partial charge in [-0.3, -0.25) is 4.79 Å². The first-order valence-corrected chi connectivity index (χ1v) is 10.1. The van der Waals surface area contributed by atoms with E-state index in [9.17, 15) is 4.79 Å². The Kier molecular flexibility index (Phi) is 4.04. The normalized spacial score (nSPS) is 17.1. The lowest BCUT2D eigenvalue weighted by Crippen LogP contribution is -2.17. The molecule has 138 valence electrons. The van der Waals surface area contributed by atoms with Gasteiger partial charge in [0.05, 0.1) is 23.3 Å². The molecule has 0 amide bonds. The van der Waals surface area contributed by atoms with Crippen molar-refractivity contribution in [2.75, 3.05) is 6.61 Å². The fraction of sp³-hybridized carbons (Fsp3) is 0.375. The summed E-state index contributed by atoms with van der Waals surface area (Å²) in [6.07, 6.45) is 6.47. The summed E-state index contributed by atoms with van der Waals surface area (Å²) in [6.45, 7) is 3.08. The highest BCUT2D eigenvalue weighted by atomic mass is 16.5. The molecule has 1 fully saturated rings. The number of carbonyl (C=O) groups excluding carboxylic acids is 1. The molecule has 0 atom stereocenters. The van der Waals surface area contributed by atoms with Crippen LogP contribution < -0.4 is 4.74 Å². The summed E-state index contributed by atoms with van der Waals surface area (Å²) >= 11 is 0. The number of hydrogen-bond donors (Lipinski definition) is 0. The quantitative estimate of drug-likeness (QED) is 0.541. The third-order valence-corrected chi connectivity index (χ3v) is 6.22. The van der Waals surface area contributed by atoms with Crippen LogP contribution in [0.5, 0.6) is 5.75 Å². The van der Waals surface area contributed by atoms with E-state index in [-0.39, 0.29) is 5.78 Å². The number of aromatic nitrogens is 1. The van der Waals surface area contributed by atoms with E-state index in [0.29, 0.717) is 18.1 Å². The van der Waals surface area contributed by atoms with Gasteiger partial charge in [-0.1, -0.05) is 55.7 Å². The van der Waals surface area contributed by atoms with Crippen molar-refractivity contribution in [1.29, 1.82) is 0 Å². The second-order valence-electron chi connectivity index (χ2n) is 7.86. The first-order chi connectivity index (χ1) is 13.3. The molecule has 0 spiro atoms. The highest BCUT2D eigenvalue weighted by Gasteiger charge is 2.30. The van der Waals surface area contributed by atoms with E-state index in [1.54, 1.807) is 6.92 Å². The van der Waals surface area contributed by atoms with Crippen LogP contribution in [-0.4, -0.2) is 17.0 Å². The van der Waals surface area contributed by atoms with Gasteiger partial charge in [0, 0.05) is 5.39 Å². The fourth-order valence-electron chi connectivity index (χ4n) is 5.04. The summed E-state index contributed by atoms with van der Waals surface area (Å²) in [5, 5.41) is 1.28. The van der Waals surface area contributed by atoms with Gasteiger partial charge in [-0.05, 0) is 42.9 Å². The van der Waals surface area contributed by atoms with E-state index in [0.717, 1.165) is 17.8 Å². The summed E-state index contributed by atoms with van der Waals surface area (Å²) in [4.78, 5) is 12.2. The number of Topliss-reactive ketones (excluding diaryl/α,β-unsaturated/α-hetero) is 1. The van der Waals surface area contributed by atoms with E-state index in [1.807, 2.05) is 6.07 Å². The Balaban J connectivity index is 1.86. The van der Waals surface area contributed by atoms with Crippen LogP contribution in [0, 0.1) is 0 Å². The summed E-state index contributed by atoms with van der Waals surface area (Å²) < 4.78 is 8.45. The van der Waals surface area contributed by atoms with Crippen molar-refractivity contribution in [3.63, 3.8) is 0 Å². The Morgan fingerprint density at radius 1 is 1.04 bits per heavy atom. The number of carbonyl (C=O) groups is 1. The van der Waals surface area contributed by atoms with Crippen LogP contribution in [0.4, 0.5) is 0 Å². The van der Waals surface area contributed by atoms with Gasteiger partial charge in [0.2, 0.25) is 0 Å². The summed E-state index contributed by atoms with van der Waals surface area (Å²) in [7, 11) is 0. The van der Waals surface area contributed by atoms with Gasteiger partial charge in [-0.2, -0.15) is 0 Å². The van der Waals surface area contributed by atoms with Crippen LogP contribution in [0.1, 0.15) is 60.9 Å². The summed E-state index contributed by atoms with van der Waals surface area (Å²) in [6, 6.07) is 14.9. The van der Waals surface area contributed by atoms with Gasteiger partial charge >= 0.3 is 0 Å². The van der Waals surface area contributed by atoms with Gasteiger partial charge in [0.15, 0.2) is 11.5 Å². The lowest BCUT2D eigenvalue weighted by atomic mass is 9.81. The molecular formula is C24H25NO2. The van der Waals surface area contributed by atoms with Crippen molar-refractivity contribution in [3.8, 4) is 17.0 Å². The minimum absolute atomic E-state index is 0.0713. The fourth-order valence-corrected chi connectivity index (χ4v) is 5.04. The largest absolute Gasteiger partial charge is 0.489 e. The summed E-state index contributed by atoms with van der Waals surface area (Å²) in [5.41, 5.74) is 5.90. The Bertz CT molecular complexity index is 1010. The van der Waals surface area contributed by atoms with Crippen molar-refractivity contribution in [2.24, 2.45) is 0 Å². The van der Waals surface area contributed by atoms with Gasteiger partial charge < -0.3 is 9.30 Å². The molecule has 3 heteroatoms. The molecule has 27 heavy (non-hydrogen) atoms. The molecule has 3 aromatic rings. The number of benzene rings is 2. The number of hydrogen-bond acceptors (Lipinski definition) is 2. The van der Waals surface area contributed by atoms with Crippen molar-refractivity contribution < 1.29 is 9.53 Å². The smallest absolute Gasteiger partial charge is 0.163 e. The van der Waals surface area contributed by atoms with Crippen molar-refractivity contribution in [1.82, 2.24) is 4.57 Å². The topological polar surface area (TPSA) is 31.2 Å². The predicted octanol–water partition coefficient (Wildman–Crippen LogP) is 5.95.